The number of carbonyl (C=O) groups excluding carboxylic acids is 2. The summed E-state index contributed by atoms with van der Waals surface area (Å²) in [7, 11) is 0. The summed E-state index contributed by atoms with van der Waals surface area (Å²) in [5.41, 5.74) is 0.0119. The second-order valence-corrected chi connectivity index (χ2v) is 8.25. The van der Waals surface area contributed by atoms with E-state index >= 15 is 0 Å². The van der Waals surface area contributed by atoms with Crippen LogP contribution < -0.4 is 0 Å². The SMILES string of the molecule is CC1(C)CCCC2(C1)CC2(C)C(=O)OCC(=O)OC1CC1. The third kappa shape index (κ3) is 2.82. The fraction of sp³-hybridized carbons (Fsp3) is 0.882. The maximum atomic E-state index is 12.4. The molecular formula is C17H26O4. The Balaban J connectivity index is 1.54. The number of carbonyl (C=O) groups is 2. The average molecular weight is 294 g/mol. The van der Waals surface area contributed by atoms with Gasteiger partial charge in [0.2, 0.25) is 0 Å². The Bertz CT molecular complexity index is 465. The number of rotatable bonds is 4. The Morgan fingerprint density at radius 3 is 2.43 bits per heavy atom. The second-order valence-electron chi connectivity index (χ2n) is 8.25. The van der Waals surface area contributed by atoms with Crippen molar-refractivity contribution in [2.45, 2.75) is 71.8 Å². The Kier molecular flexibility index (Phi) is 3.34. The number of ether oxygens (including phenoxy) is 2. The van der Waals surface area contributed by atoms with Crippen LogP contribution in [0.3, 0.4) is 0 Å². The molecule has 0 aromatic carbocycles. The van der Waals surface area contributed by atoms with Gasteiger partial charge in [-0.1, -0.05) is 20.3 Å². The van der Waals surface area contributed by atoms with Crippen molar-refractivity contribution in [2.24, 2.45) is 16.2 Å². The maximum Gasteiger partial charge on any atom is 0.344 e. The summed E-state index contributed by atoms with van der Waals surface area (Å²) >= 11 is 0. The molecule has 21 heavy (non-hydrogen) atoms. The molecule has 0 aromatic heterocycles. The minimum Gasteiger partial charge on any atom is -0.460 e. The van der Waals surface area contributed by atoms with E-state index < -0.39 is 11.4 Å². The third-order valence-electron chi connectivity index (χ3n) is 5.66. The standard InChI is InChI=1S/C17H26O4/c1-15(2)7-4-8-17(10-15)11-16(17,3)14(19)20-9-13(18)21-12-5-6-12/h12H,4-11H2,1-3H3. The molecule has 3 fully saturated rings. The Morgan fingerprint density at radius 2 is 1.81 bits per heavy atom. The van der Waals surface area contributed by atoms with Crippen LogP contribution in [0.4, 0.5) is 0 Å². The van der Waals surface area contributed by atoms with Gasteiger partial charge in [0.1, 0.15) is 6.10 Å². The maximum absolute atomic E-state index is 12.4. The molecule has 3 aliphatic carbocycles. The average Bonchev–Trinajstić information content (AvgIpc) is 3.26. The van der Waals surface area contributed by atoms with Crippen LogP contribution in [0.2, 0.25) is 0 Å². The van der Waals surface area contributed by atoms with Gasteiger partial charge in [0.25, 0.3) is 0 Å². The molecule has 0 radical (unpaired) electrons. The summed E-state index contributed by atoms with van der Waals surface area (Å²) in [4.78, 5) is 23.9. The third-order valence-corrected chi connectivity index (χ3v) is 5.66. The van der Waals surface area contributed by atoms with E-state index in [0.717, 1.165) is 32.1 Å². The lowest BCUT2D eigenvalue weighted by Gasteiger charge is -2.37. The van der Waals surface area contributed by atoms with Gasteiger partial charge in [-0.3, -0.25) is 4.79 Å². The van der Waals surface area contributed by atoms with E-state index in [9.17, 15) is 9.59 Å². The van der Waals surface area contributed by atoms with Crippen LogP contribution in [-0.2, 0) is 19.1 Å². The molecule has 4 heteroatoms. The molecule has 0 bridgehead atoms. The van der Waals surface area contributed by atoms with E-state index in [-0.39, 0.29) is 24.1 Å². The van der Waals surface area contributed by atoms with Crippen molar-refractivity contribution in [1.29, 1.82) is 0 Å². The number of hydrogen-bond acceptors (Lipinski definition) is 4. The van der Waals surface area contributed by atoms with Crippen LogP contribution >= 0.6 is 0 Å². The van der Waals surface area contributed by atoms with E-state index in [1.807, 2.05) is 6.92 Å². The van der Waals surface area contributed by atoms with Gasteiger partial charge in [-0.05, 0) is 56.3 Å². The first kappa shape index (κ1) is 14.9. The first-order valence-electron chi connectivity index (χ1n) is 8.13. The Hall–Kier alpha value is -1.06. The monoisotopic (exact) mass is 294 g/mol. The predicted molar refractivity (Wildman–Crippen MR) is 77.5 cm³/mol. The van der Waals surface area contributed by atoms with Crippen molar-refractivity contribution in [2.75, 3.05) is 6.61 Å². The van der Waals surface area contributed by atoms with Gasteiger partial charge < -0.3 is 9.47 Å². The van der Waals surface area contributed by atoms with E-state index in [0.29, 0.717) is 5.41 Å². The zero-order chi connectivity index (χ0) is 15.3. The van der Waals surface area contributed by atoms with Crippen LogP contribution in [-0.4, -0.2) is 24.6 Å². The highest BCUT2D eigenvalue weighted by atomic mass is 16.6. The number of esters is 2. The zero-order valence-corrected chi connectivity index (χ0v) is 13.4. The Labute approximate surface area is 126 Å². The molecule has 0 N–H and O–H groups in total. The molecule has 0 saturated heterocycles. The first-order valence-corrected chi connectivity index (χ1v) is 8.13. The summed E-state index contributed by atoms with van der Waals surface area (Å²) in [5.74, 6) is -0.624. The van der Waals surface area contributed by atoms with Crippen LogP contribution in [0, 0.1) is 16.2 Å². The van der Waals surface area contributed by atoms with Gasteiger partial charge in [-0.15, -0.1) is 0 Å². The topological polar surface area (TPSA) is 52.6 Å². The Morgan fingerprint density at radius 1 is 1.10 bits per heavy atom. The summed E-state index contributed by atoms with van der Waals surface area (Å²) in [6, 6.07) is 0. The molecule has 0 heterocycles. The highest BCUT2D eigenvalue weighted by Crippen LogP contribution is 2.73. The quantitative estimate of drug-likeness (QED) is 0.747. The molecular weight excluding hydrogens is 268 g/mol. The van der Waals surface area contributed by atoms with Gasteiger partial charge in [-0.25, -0.2) is 4.79 Å². The minimum absolute atomic E-state index is 0.0678. The van der Waals surface area contributed by atoms with Crippen LogP contribution in [0.25, 0.3) is 0 Å². The van der Waals surface area contributed by atoms with Gasteiger partial charge in [0.15, 0.2) is 6.61 Å². The van der Waals surface area contributed by atoms with Crippen LogP contribution in [0.5, 0.6) is 0 Å². The van der Waals surface area contributed by atoms with E-state index in [1.165, 1.54) is 12.8 Å². The summed E-state index contributed by atoms with van der Waals surface area (Å²) in [6.45, 7) is 6.34. The molecule has 2 unspecified atom stereocenters. The summed E-state index contributed by atoms with van der Waals surface area (Å²) < 4.78 is 10.3. The zero-order valence-electron chi connectivity index (χ0n) is 13.4. The van der Waals surface area contributed by atoms with Crippen molar-refractivity contribution in [3.05, 3.63) is 0 Å². The molecule has 3 saturated carbocycles. The summed E-state index contributed by atoms with van der Waals surface area (Å²) in [5, 5.41) is 0. The van der Waals surface area contributed by atoms with E-state index in [1.54, 1.807) is 0 Å². The molecule has 0 amide bonds. The van der Waals surface area contributed by atoms with Crippen molar-refractivity contribution in [1.82, 2.24) is 0 Å². The summed E-state index contributed by atoms with van der Waals surface area (Å²) in [6.07, 6.45) is 7.45. The van der Waals surface area contributed by atoms with Gasteiger partial charge in [0, 0.05) is 0 Å². The smallest absolute Gasteiger partial charge is 0.344 e. The highest BCUT2D eigenvalue weighted by molar-refractivity contribution is 5.84. The van der Waals surface area contributed by atoms with Crippen LogP contribution in [0.15, 0.2) is 0 Å². The fourth-order valence-electron chi connectivity index (χ4n) is 4.23. The van der Waals surface area contributed by atoms with Crippen molar-refractivity contribution in [3.63, 3.8) is 0 Å². The molecule has 0 aliphatic heterocycles. The predicted octanol–water partition coefficient (Wildman–Crippen LogP) is 3.23. The molecule has 0 aromatic rings. The molecule has 118 valence electrons. The van der Waals surface area contributed by atoms with Crippen LogP contribution in [0.1, 0.15) is 65.7 Å². The lowest BCUT2D eigenvalue weighted by atomic mass is 9.67. The second kappa shape index (κ2) is 4.72. The molecule has 2 atom stereocenters. The lowest BCUT2D eigenvalue weighted by Crippen LogP contribution is -2.32. The normalized spacial score (nSPS) is 37.1. The minimum atomic E-state index is -0.409. The molecule has 3 aliphatic rings. The fourth-order valence-corrected chi connectivity index (χ4v) is 4.23. The van der Waals surface area contributed by atoms with E-state index in [2.05, 4.69) is 13.8 Å². The van der Waals surface area contributed by atoms with Crippen molar-refractivity contribution < 1.29 is 19.1 Å². The van der Waals surface area contributed by atoms with E-state index in [4.69, 9.17) is 9.47 Å². The first-order chi connectivity index (χ1) is 9.76. The number of hydrogen-bond donors (Lipinski definition) is 0. The van der Waals surface area contributed by atoms with Crippen molar-refractivity contribution in [3.8, 4) is 0 Å². The molecule has 4 nitrogen and oxygen atoms in total. The molecule has 1 spiro atoms. The van der Waals surface area contributed by atoms with Gasteiger partial charge in [0.05, 0.1) is 5.41 Å². The van der Waals surface area contributed by atoms with Gasteiger partial charge >= 0.3 is 11.9 Å². The highest BCUT2D eigenvalue weighted by Gasteiger charge is 2.70. The van der Waals surface area contributed by atoms with Gasteiger partial charge in [-0.2, -0.15) is 0 Å². The lowest BCUT2D eigenvalue weighted by molar-refractivity contribution is -0.163. The molecule has 3 rings (SSSR count). The van der Waals surface area contributed by atoms with Crippen molar-refractivity contribution >= 4 is 11.9 Å². The largest absolute Gasteiger partial charge is 0.460 e.